The van der Waals surface area contributed by atoms with Gasteiger partial charge in [-0.05, 0) is 43.7 Å². The second-order valence-corrected chi connectivity index (χ2v) is 8.81. The largest absolute Gasteiger partial charge is 0.496 e. The van der Waals surface area contributed by atoms with Gasteiger partial charge in [0.1, 0.15) is 11.6 Å². The van der Waals surface area contributed by atoms with Gasteiger partial charge in [0.15, 0.2) is 0 Å². The summed E-state index contributed by atoms with van der Waals surface area (Å²) >= 11 is 0. The van der Waals surface area contributed by atoms with Crippen molar-refractivity contribution >= 4 is 10.0 Å². The van der Waals surface area contributed by atoms with Gasteiger partial charge in [0, 0.05) is 38.3 Å². The molecule has 2 aromatic rings. The number of halogens is 1. The molecular weight excluding hydrogens is 367 g/mol. The average molecular weight is 392 g/mol. The van der Waals surface area contributed by atoms with E-state index in [0.29, 0.717) is 43.4 Å². The summed E-state index contributed by atoms with van der Waals surface area (Å²) in [6.45, 7) is 6.29. The summed E-state index contributed by atoms with van der Waals surface area (Å²) in [5, 5.41) is 0. The minimum Gasteiger partial charge on any atom is -0.496 e. The standard InChI is InChI=1S/C20H25FN2O3S/c1-15-4-7-20(16(2)12-15)27(24,25)23-10-8-22(9-11-23)14-17-13-18(21)5-6-19(17)26-3/h4-7,12-13H,8-11,14H2,1-3H3. The summed E-state index contributed by atoms with van der Waals surface area (Å²) in [4.78, 5) is 2.49. The van der Waals surface area contributed by atoms with E-state index in [9.17, 15) is 12.8 Å². The van der Waals surface area contributed by atoms with Gasteiger partial charge >= 0.3 is 0 Å². The zero-order valence-electron chi connectivity index (χ0n) is 15.9. The Labute approximate surface area is 160 Å². The minimum absolute atomic E-state index is 0.304. The molecule has 2 aromatic carbocycles. The van der Waals surface area contributed by atoms with E-state index >= 15 is 0 Å². The number of piperazine rings is 1. The molecule has 1 aliphatic rings. The number of hydrogen-bond acceptors (Lipinski definition) is 4. The SMILES string of the molecule is COc1ccc(F)cc1CN1CCN(S(=O)(=O)c2ccc(C)cc2C)CC1. The number of benzene rings is 2. The lowest BCUT2D eigenvalue weighted by molar-refractivity contribution is 0.180. The molecule has 146 valence electrons. The Morgan fingerprint density at radius 3 is 2.37 bits per heavy atom. The Bertz CT molecular complexity index is 923. The molecule has 3 rings (SSSR count). The van der Waals surface area contributed by atoms with Crippen LogP contribution in [0.2, 0.25) is 0 Å². The fourth-order valence-corrected chi connectivity index (χ4v) is 5.10. The second-order valence-electron chi connectivity index (χ2n) is 6.91. The first kappa shape index (κ1) is 19.8. The number of rotatable bonds is 5. The second kappa shape index (κ2) is 7.96. The molecule has 0 amide bonds. The predicted octanol–water partition coefficient (Wildman–Crippen LogP) is 2.96. The van der Waals surface area contributed by atoms with Gasteiger partial charge in [0.05, 0.1) is 12.0 Å². The molecule has 1 heterocycles. The number of aryl methyl sites for hydroxylation is 2. The first-order chi connectivity index (χ1) is 12.8. The molecule has 0 aromatic heterocycles. The zero-order chi connectivity index (χ0) is 19.6. The number of ether oxygens (including phenoxy) is 1. The van der Waals surface area contributed by atoms with Gasteiger partial charge in [-0.2, -0.15) is 4.31 Å². The van der Waals surface area contributed by atoms with E-state index in [2.05, 4.69) is 4.90 Å². The summed E-state index contributed by atoms with van der Waals surface area (Å²) in [5.74, 6) is 0.337. The minimum atomic E-state index is -3.50. The molecule has 1 saturated heterocycles. The maximum absolute atomic E-state index is 13.5. The van der Waals surface area contributed by atoms with Gasteiger partial charge in [-0.15, -0.1) is 0 Å². The number of sulfonamides is 1. The zero-order valence-corrected chi connectivity index (χ0v) is 16.7. The predicted molar refractivity (Wildman–Crippen MR) is 103 cm³/mol. The van der Waals surface area contributed by atoms with Gasteiger partial charge < -0.3 is 4.74 Å². The van der Waals surface area contributed by atoms with Crippen LogP contribution in [0.4, 0.5) is 4.39 Å². The Hall–Kier alpha value is -1.96. The monoisotopic (exact) mass is 392 g/mol. The Kier molecular flexibility index (Phi) is 5.83. The van der Waals surface area contributed by atoms with Crippen molar-refractivity contribution in [1.82, 2.24) is 9.21 Å². The maximum atomic E-state index is 13.5. The van der Waals surface area contributed by atoms with Gasteiger partial charge in [-0.1, -0.05) is 17.7 Å². The van der Waals surface area contributed by atoms with Crippen LogP contribution in [0, 0.1) is 19.7 Å². The highest BCUT2D eigenvalue weighted by Crippen LogP contribution is 2.24. The smallest absolute Gasteiger partial charge is 0.243 e. The highest BCUT2D eigenvalue weighted by atomic mass is 32.2. The van der Waals surface area contributed by atoms with E-state index in [0.717, 1.165) is 16.7 Å². The molecule has 0 atom stereocenters. The molecule has 0 unspecified atom stereocenters. The van der Waals surface area contributed by atoms with Gasteiger partial charge in [0.2, 0.25) is 10.0 Å². The maximum Gasteiger partial charge on any atom is 0.243 e. The van der Waals surface area contributed by atoms with Crippen LogP contribution >= 0.6 is 0 Å². The van der Waals surface area contributed by atoms with Crippen molar-refractivity contribution in [2.45, 2.75) is 25.3 Å². The van der Waals surface area contributed by atoms with Crippen LogP contribution in [0.25, 0.3) is 0 Å². The van der Waals surface area contributed by atoms with Crippen LogP contribution in [0.5, 0.6) is 5.75 Å². The summed E-state index contributed by atoms with van der Waals surface area (Å²) in [7, 11) is -1.94. The Morgan fingerprint density at radius 1 is 1.04 bits per heavy atom. The van der Waals surface area contributed by atoms with Crippen molar-refractivity contribution in [2.75, 3.05) is 33.3 Å². The molecule has 0 N–H and O–H groups in total. The van der Waals surface area contributed by atoms with Crippen molar-refractivity contribution < 1.29 is 17.5 Å². The third-order valence-electron chi connectivity index (χ3n) is 4.92. The highest BCUT2D eigenvalue weighted by Gasteiger charge is 2.29. The molecular formula is C20H25FN2O3S. The van der Waals surface area contributed by atoms with E-state index in [1.165, 1.54) is 16.4 Å². The molecule has 0 aliphatic carbocycles. The van der Waals surface area contributed by atoms with E-state index < -0.39 is 10.0 Å². The molecule has 0 saturated carbocycles. The fraction of sp³-hybridized carbons (Fsp3) is 0.400. The van der Waals surface area contributed by atoms with Crippen LogP contribution in [-0.2, 0) is 16.6 Å². The topological polar surface area (TPSA) is 49.9 Å². The summed E-state index contributed by atoms with van der Waals surface area (Å²) in [6.07, 6.45) is 0. The third-order valence-corrected chi connectivity index (χ3v) is 6.97. The molecule has 5 nitrogen and oxygen atoms in total. The molecule has 1 fully saturated rings. The number of nitrogens with zero attached hydrogens (tertiary/aromatic N) is 2. The van der Waals surface area contributed by atoms with Crippen LogP contribution in [0.1, 0.15) is 16.7 Å². The van der Waals surface area contributed by atoms with E-state index in [1.54, 1.807) is 19.2 Å². The van der Waals surface area contributed by atoms with E-state index in [4.69, 9.17) is 4.74 Å². The number of methoxy groups -OCH3 is 1. The molecule has 27 heavy (non-hydrogen) atoms. The molecule has 0 spiro atoms. The van der Waals surface area contributed by atoms with Gasteiger partial charge in [-0.3, -0.25) is 4.90 Å². The van der Waals surface area contributed by atoms with E-state index in [1.807, 2.05) is 26.0 Å². The highest BCUT2D eigenvalue weighted by molar-refractivity contribution is 7.89. The summed E-state index contributed by atoms with van der Waals surface area (Å²) in [6, 6.07) is 9.86. The first-order valence-corrected chi connectivity index (χ1v) is 10.4. The molecule has 7 heteroatoms. The molecule has 0 radical (unpaired) electrons. The van der Waals surface area contributed by atoms with Crippen LogP contribution in [-0.4, -0.2) is 50.9 Å². The summed E-state index contributed by atoms with van der Waals surface area (Å²) in [5.41, 5.74) is 2.57. The Balaban J connectivity index is 1.69. The van der Waals surface area contributed by atoms with Crippen LogP contribution in [0.3, 0.4) is 0 Å². The van der Waals surface area contributed by atoms with Gasteiger partial charge in [-0.25, -0.2) is 12.8 Å². The quantitative estimate of drug-likeness (QED) is 0.785. The Morgan fingerprint density at radius 2 is 1.74 bits per heavy atom. The summed E-state index contributed by atoms with van der Waals surface area (Å²) < 4.78 is 46.3. The third kappa shape index (κ3) is 4.31. The van der Waals surface area contributed by atoms with Gasteiger partial charge in [0.25, 0.3) is 0 Å². The first-order valence-electron chi connectivity index (χ1n) is 8.93. The van der Waals surface area contributed by atoms with Crippen molar-refractivity contribution in [1.29, 1.82) is 0 Å². The number of hydrogen-bond donors (Lipinski definition) is 0. The van der Waals surface area contributed by atoms with E-state index in [-0.39, 0.29) is 5.82 Å². The van der Waals surface area contributed by atoms with Crippen molar-refractivity contribution in [3.63, 3.8) is 0 Å². The van der Waals surface area contributed by atoms with Crippen molar-refractivity contribution in [2.24, 2.45) is 0 Å². The molecule has 1 aliphatic heterocycles. The lowest BCUT2D eigenvalue weighted by atomic mass is 10.1. The van der Waals surface area contributed by atoms with Crippen molar-refractivity contribution in [3.05, 3.63) is 58.9 Å². The average Bonchev–Trinajstić information content (AvgIpc) is 2.62. The van der Waals surface area contributed by atoms with Crippen LogP contribution < -0.4 is 4.74 Å². The van der Waals surface area contributed by atoms with Crippen molar-refractivity contribution in [3.8, 4) is 5.75 Å². The van der Waals surface area contributed by atoms with Crippen LogP contribution in [0.15, 0.2) is 41.3 Å². The molecule has 0 bridgehead atoms. The normalized spacial score (nSPS) is 16.4. The fourth-order valence-electron chi connectivity index (χ4n) is 3.47. The lowest BCUT2D eigenvalue weighted by Crippen LogP contribution is -2.48. The lowest BCUT2D eigenvalue weighted by Gasteiger charge is -2.34.